The smallest absolute Gasteiger partial charge is 0.259 e. The van der Waals surface area contributed by atoms with Crippen LogP contribution in [0.25, 0.3) is 11.5 Å². The van der Waals surface area contributed by atoms with Gasteiger partial charge in [-0.1, -0.05) is 25.9 Å². The largest absolute Gasteiger partial charge is 0.397 e. The number of nitrogen functional groups attached to an aromatic ring is 1. The van der Waals surface area contributed by atoms with Crippen LogP contribution in [0.5, 0.6) is 0 Å². The first kappa shape index (κ1) is 12.9. The number of nitrogens with two attached hydrogens (primary N) is 1. The van der Waals surface area contributed by atoms with Crippen LogP contribution in [0.4, 0.5) is 5.69 Å². The van der Waals surface area contributed by atoms with Crippen molar-refractivity contribution in [2.75, 3.05) is 5.73 Å². The quantitative estimate of drug-likeness (QED) is 0.918. The van der Waals surface area contributed by atoms with Gasteiger partial charge in [0, 0.05) is 17.1 Å². The first-order chi connectivity index (χ1) is 8.44. The minimum atomic E-state index is 0.180. The summed E-state index contributed by atoms with van der Waals surface area (Å²) >= 11 is 1.77. The highest BCUT2D eigenvalue weighted by Crippen LogP contribution is 2.27. The van der Waals surface area contributed by atoms with Gasteiger partial charge in [-0.3, -0.25) is 4.98 Å². The molecule has 0 aromatic carbocycles. The summed E-state index contributed by atoms with van der Waals surface area (Å²) < 4.78 is 5.38. The fourth-order valence-electron chi connectivity index (χ4n) is 1.29. The van der Waals surface area contributed by atoms with E-state index in [1.54, 1.807) is 30.2 Å². The standard InChI is InChI=1S/C12H16N4OS/c1-12(2,3)18-7-10-15-11(17-16-10)8-4-9(13)6-14-5-8/h4-6H,7,13H2,1-3H3. The Hall–Kier alpha value is -1.56. The van der Waals surface area contributed by atoms with E-state index in [0.717, 1.165) is 11.3 Å². The van der Waals surface area contributed by atoms with Crippen molar-refractivity contribution in [3.05, 3.63) is 24.3 Å². The van der Waals surface area contributed by atoms with Crippen LogP contribution in [0.1, 0.15) is 26.6 Å². The fraction of sp³-hybridized carbons (Fsp3) is 0.417. The Balaban J connectivity index is 2.11. The van der Waals surface area contributed by atoms with E-state index < -0.39 is 0 Å². The lowest BCUT2D eigenvalue weighted by molar-refractivity contribution is 0.425. The van der Waals surface area contributed by atoms with Gasteiger partial charge >= 0.3 is 0 Å². The van der Waals surface area contributed by atoms with Gasteiger partial charge in [0.05, 0.1) is 17.0 Å². The number of thioether (sulfide) groups is 1. The zero-order valence-corrected chi connectivity index (χ0v) is 11.5. The topological polar surface area (TPSA) is 77.8 Å². The lowest BCUT2D eigenvalue weighted by atomic mass is 10.2. The number of nitrogens with zero attached hydrogens (tertiary/aromatic N) is 3. The molecule has 0 aliphatic carbocycles. The van der Waals surface area contributed by atoms with Crippen LogP contribution in [0.15, 0.2) is 23.0 Å². The Morgan fingerprint density at radius 3 is 2.78 bits per heavy atom. The maximum absolute atomic E-state index is 5.66. The summed E-state index contributed by atoms with van der Waals surface area (Å²) in [6, 6.07) is 1.77. The molecule has 0 amide bonds. The van der Waals surface area contributed by atoms with E-state index in [2.05, 4.69) is 35.9 Å². The molecule has 2 aromatic heterocycles. The summed E-state index contributed by atoms with van der Waals surface area (Å²) in [6.07, 6.45) is 3.24. The molecular formula is C12H16N4OS. The van der Waals surface area contributed by atoms with Gasteiger partial charge in [-0.2, -0.15) is 4.98 Å². The molecule has 0 spiro atoms. The van der Waals surface area contributed by atoms with Gasteiger partial charge in [0.25, 0.3) is 5.89 Å². The van der Waals surface area contributed by atoms with Gasteiger partial charge in [0.2, 0.25) is 0 Å². The molecule has 0 bridgehead atoms. The highest BCUT2D eigenvalue weighted by molar-refractivity contribution is 7.99. The molecule has 96 valence electrons. The van der Waals surface area contributed by atoms with Gasteiger partial charge in [-0.05, 0) is 6.07 Å². The predicted molar refractivity (Wildman–Crippen MR) is 73.0 cm³/mol. The Bertz CT molecular complexity index is 533. The minimum Gasteiger partial charge on any atom is -0.397 e. The van der Waals surface area contributed by atoms with Crippen molar-refractivity contribution in [2.24, 2.45) is 0 Å². The Morgan fingerprint density at radius 1 is 1.33 bits per heavy atom. The van der Waals surface area contributed by atoms with Crippen LogP contribution in [0.3, 0.4) is 0 Å². The maximum Gasteiger partial charge on any atom is 0.259 e. The lowest BCUT2D eigenvalue weighted by Crippen LogP contribution is -2.07. The molecule has 0 atom stereocenters. The molecule has 0 unspecified atom stereocenters. The van der Waals surface area contributed by atoms with Crippen LogP contribution in [0, 0.1) is 0 Å². The predicted octanol–water partition coefficient (Wildman–Crippen LogP) is 2.75. The van der Waals surface area contributed by atoms with Crippen molar-refractivity contribution in [3.63, 3.8) is 0 Å². The summed E-state index contributed by atoms with van der Waals surface area (Å²) in [4.78, 5) is 8.33. The fourth-order valence-corrected chi connectivity index (χ4v) is 1.96. The molecule has 0 fully saturated rings. The van der Waals surface area contributed by atoms with Crippen molar-refractivity contribution in [3.8, 4) is 11.5 Å². The van der Waals surface area contributed by atoms with Crippen LogP contribution < -0.4 is 5.73 Å². The van der Waals surface area contributed by atoms with Crippen molar-refractivity contribution < 1.29 is 4.52 Å². The molecule has 0 saturated carbocycles. The third-order valence-electron chi connectivity index (χ3n) is 2.11. The third kappa shape index (κ3) is 3.46. The van der Waals surface area contributed by atoms with Crippen molar-refractivity contribution in [2.45, 2.75) is 31.3 Å². The second kappa shape index (κ2) is 4.97. The number of anilines is 1. The molecule has 5 nitrogen and oxygen atoms in total. The normalized spacial score (nSPS) is 11.7. The Kier molecular flexibility index (Phi) is 3.56. The van der Waals surface area contributed by atoms with Crippen molar-refractivity contribution in [1.29, 1.82) is 0 Å². The van der Waals surface area contributed by atoms with E-state index >= 15 is 0 Å². The number of hydrogen-bond donors (Lipinski definition) is 1. The monoisotopic (exact) mass is 264 g/mol. The van der Waals surface area contributed by atoms with E-state index in [1.807, 2.05) is 0 Å². The highest BCUT2D eigenvalue weighted by Gasteiger charge is 2.14. The molecule has 0 saturated heterocycles. The molecule has 2 rings (SSSR count). The van der Waals surface area contributed by atoms with Gasteiger partial charge in [0.1, 0.15) is 0 Å². The zero-order chi connectivity index (χ0) is 13.2. The number of hydrogen-bond acceptors (Lipinski definition) is 6. The SMILES string of the molecule is CC(C)(C)SCc1noc(-c2cncc(N)c2)n1. The molecule has 2 aromatic rings. The average Bonchev–Trinajstić information content (AvgIpc) is 2.74. The van der Waals surface area contributed by atoms with E-state index in [9.17, 15) is 0 Å². The molecule has 18 heavy (non-hydrogen) atoms. The number of pyridine rings is 1. The van der Waals surface area contributed by atoms with Crippen LogP contribution in [-0.2, 0) is 5.75 Å². The van der Waals surface area contributed by atoms with E-state index in [-0.39, 0.29) is 4.75 Å². The summed E-state index contributed by atoms with van der Waals surface area (Å²) in [5.41, 5.74) is 6.99. The second-order valence-corrected chi connectivity index (χ2v) is 6.73. The molecule has 0 aliphatic heterocycles. The first-order valence-electron chi connectivity index (χ1n) is 5.61. The van der Waals surface area contributed by atoms with E-state index in [1.165, 1.54) is 0 Å². The summed E-state index contributed by atoms with van der Waals surface area (Å²) in [5.74, 6) is 1.87. The maximum atomic E-state index is 5.66. The average molecular weight is 264 g/mol. The molecular weight excluding hydrogens is 248 g/mol. The summed E-state index contributed by atoms with van der Waals surface area (Å²) in [6.45, 7) is 6.46. The van der Waals surface area contributed by atoms with Crippen LogP contribution >= 0.6 is 11.8 Å². The highest BCUT2D eigenvalue weighted by atomic mass is 32.2. The molecule has 2 heterocycles. The molecule has 0 aliphatic rings. The Labute approximate surface area is 110 Å². The molecule has 6 heteroatoms. The van der Waals surface area contributed by atoms with Gasteiger partial charge < -0.3 is 10.3 Å². The summed E-state index contributed by atoms with van der Waals surface area (Å²) in [5, 5.41) is 3.95. The third-order valence-corrected chi connectivity index (χ3v) is 3.38. The minimum absolute atomic E-state index is 0.180. The zero-order valence-electron chi connectivity index (χ0n) is 10.7. The van der Waals surface area contributed by atoms with Gasteiger partial charge in [0.15, 0.2) is 5.82 Å². The summed E-state index contributed by atoms with van der Waals surface area (Å²) in [7, 11) is 0. The lowest BCUT2D eigenvalue weighted by Gasteiger charge is -2.15. The number of aromatic nitrogens is 3. The molecule has 2 N–H and O–H groups in total. The van der Waals surface area contributed by atoms with Crippen molar-refractivity contribution >= 4 is 17.4 Å². The van der Waals surface area contributed by atoms with Crippen LogP contribution in [-0.4, -0.2) is 19.9 Å². The second-order valence-electron chi connectivity index (χ2n) is 4.92. The molecule has 0 radical (unpaired) electrons. The van der Waals surface area contributed by atoms with Crippen molar-refractivity contribution in [1.82, 2.24) is 15.1 Å². The van der Waals surface area contributed by atoms with Crippen LogP contribution in [0.2, 0.25) is 0 Å². The van der Waals surface area contributed by atoms with E-state index in [4.69, 9.17) is 10.3 Å². The first-order valence-corrected chi connectivity index (χ1v) is 6.60. The Morgan fingerprint density at radius 2 is 2.11 bits per heavy atom. The van der Waals surface area contributed by atoms with Gasteiger partial charge in [-0.25, -0.2) is 0 Å². The van der Waals surface area contributed by atoms with Gasteiger partial charge in [-0.15, -0.1) is 11.8 Å². The van der Waals surface area contributed by atoms with E-state index in [0.29, 0.717) is 17.4 Å². The number of rotatable bonds is 3.